The average Bonchev–Trinajstić information content (AvgIpc) is 2.98. The van der Waals surface area contributed by atoms with Gasteiger partial charge in [0.2, 0.25) is 0 Å². The van der Waals surface area contributed by atoms with Gasteiger partial charge in [-0.05, 0) is 20.8 Å². The van der Waals surface area contributed by atoms with Crippen molar-refractivity contribution in [3.63, 3.8) is 0 Å². The third-order valence-corrected chi connectivity index (χ3v) is 4.53. The van der Waals surface area contributed by atoms with Gasteiger partial charge >= 0.3 is 11.9 Å². The van der Waals surface area contributed by atoms with Crippen molar-refractivity contribution in [1.29, 1.82) is 0 Å². The van der Waals surface area contributed by atoms with Crippen LogP contribution >= 0.6 is 11.3 Å². The summed E-state index contributed by atoms with van der Waals surface area (Å²) in [5, 5.41) is 4.27. The number of likely N-dealkylation sites (N-methyl/N-ethyl adjacent to an activating group) is 1. The highest BCUT2D eigenvalue weighted by Gasteiger charge is 2.29. The lowest BCUT2D eigenvalue weighted by Crippen LogP contribution is -2.41. The summed E-state index contributed by atoms with van der Waals surface area (Å²) in [5.74, 6) is -0.787. The van der Waals surface area contributed by atoms with E-state index in [0.717, 1.165) is 5.01 Å². The molecule has 0 aliphatic rings. The molecule has 0 amide bonds. The number of hydrogen-bond donors (Lipinski definition) is 0. The van der Waals surface area contributed by atoms with E-state index in [9.17, 15) is 9.59 Å². The summed E-state index contributed by atoms with van der Waals surface area (Å²) < 4.78 is 9.79. The fourth-order valence-corrected chi connectivity index (χ4v) is 3.33. The zero-order chi connectivity index (χ0) is 19.2. The number of methoxy groups -OCH3 is 1. The molecular weight excluding hydrogens is 344 g/mol. The van der Waals surface area contributed by atoms with Crippen LogP contribution in [-0.4, -0.2) is 54.4 Å². The molecule has 0 saturated carbocycles. The smallest absolute Gasteiger partial charge is 0.357 e. The monoisotopic (exact) mass is 372 g/mol. The molecule has 142 valence electrons. The number of aromatic nitrogens is 1. The van der Waals surface area contributed by atoms with Crippen LogP contribution in [0.4, 0.5) is 0 Å². The van der Waals surface area contributed by atoms with Gasteiger partial charge in [-0.15, -0.1) is 11.3 Å². The Morgan fingerprint density at radius 2 is 2.00 bits per heavy atom. The predicted octanol–water partition coefficient (Wildman–Crippen LogP) is 3.02. The first-order valence-corrected chi connectivity index (χ1v) is 9.02. The molecule has 8 heteroatoms. The Morgan fingerprint density at radius 3 is 2.52 bits per heavy atom. The molecule has 0 radical (unpaired) electrons. The molecule has 1 aromatic rings. The maximum atomic E-state index is 11.6. The van der Waals surface area contributed by atoms with Crippen molar-refractivity contribution in [2.24, 2.45) is 0 Å². The van der Waals surface area contributed by atoms with Gasteiger partial charge in [-0.2, -0.15) is 5.06 Å². The Labute approximate surface area is 153 Å². The summed E-state index contributed by atoms with van der Waals surface area (Å²) in [6.07, 6.45) is 0.584. The second-order valence-electron chi connectivity index (χ2n) is 6.80. The third-order valence-electron chi connectivity index (χ3n) is 3.49. The van der Waals surface area contributed by atoms with Crippen LogP contribution in [0.1, 0.15) is 62.5 Å². The van der Waals surface area contributed by atoms with E-state index in [4.69, 9.17) is 14.3 Å². The minimum atomic E-state index is -0.453. The van der Waals surface area contributed by atoms with Gasteiger partial charge in [0.1, 0.15) is 0 Å². The van der Waals surface area contributed by atoms with Crippen molar-refractivity contribution in [3.05, 3.63) is 16.1 Å². The Morgan fingerprint density at radius 1 is 1.36 bits per heavy atom. The largest absolute Gasteiger partial charge is 0.466 e. The Kier molecular flexibility index (Phi) is 7.98. The number of thiazole rings is 1. The minimum absolute atomic E-state index is 0.0219. The van der Waals surface area contributed by atoms with Crippen molar-refractivity contribution < 1.29 is 23.9 Å². The van der Waals surface area contributed by atoms with Gasteiger partial charge < -0.3 is 9.47 Å². The molecular formula is C17H28N2O5S. The summed E-state index contributed by atoms with van der Waals surface area (Å²) in [4.78, 5) is 33.0. The van der Waals surface area contributed by atoms with Crippen LogP contribution < -0.4 is 0 Å². The van der Waals surface area contributed by atoms with Gasteiger partial charge in [-0.25, -0.2) is 9.78 Å². The van der Waals surface area contributed by atoms with E-state index < -0.39 is 5.97 Å². The molecule has 0 aromatic carbocycles. The molecule has 1 unspecified atom stereocenters. The summed E-state index contributed by atoms with van der Waals surface area (Å²) >= 11 is 1.40. The van der Waals surface area contributed by atoms with E-state index in [1.54, 1.807) is 10.4 Å². The van der Waals surface area contributed by atoms with E-state index in [1.165, 1.54) is 25.4 Å². The SMILES string of the molecule is COC(=O)c1csc(C(C)[C@@H](CCOC(C)=O)N(C)OC(C)(C)C)n1. The highest BCUT2D eigenvalue weighted by molar-refractivity contribution is 7.09. The van der Waals surface area contributed by atoms with Crippen LogP contribution in [-0.2, 0) is 19.1 Å². The summed E-state index contributed by atoms with van der Waals surface area (Å²) in [5.41, 5.74) is -0.0544. The van der Waals surface area contributed by atoms with E-state index in [1.807, 2.05) is 34.7 Å². The van der Waals surface area contributed by atoms with Gasteiger partial charge in [0.05, 0.1) is 24.3 Å². The zero-order valence-corrected chi connectivity index (χ0v) is 16.8. The molecule has 0 bridgehead atoms. The minimum Gasteiger partial charge on any atom is -0.466 e. The molecule has 1 aromatic heterocycles. The number of carbonyl (C=O) groups excluding carboxylic acids is 2. The van der Waals surface area contributed by atoms with Gasteiger partial charge in [0.15, 0.2) is 5.69 Å². The third kappa shape index (κ3) is 7.09. The molecule has 0 N–H and O–H groups in total. The maximum Gasteiger partial charge on any atom is 0.357 e. The highest BCUT2D eigenvalue weighted by Crippen LogP contribution is 2.29. The van der Waals surface area contributed by atoms with E-state index in [0.29, 0.717) is 12.1 Å². The van der Waals surface area contributed by atoms with Crippen molar-refractivity contribution in [2.45, 2.75) is 58.6 Å². The normalized spacial score (nSPS) is 14.2. The van der Waals surface area contributed by atoms with E-state index in [-0.39, 0.29) is 30.1 Å². The first-order chi connectivity index (χ1) is 11.5. The molecule has 0 spiro atoms. The van der Waals surface area contributed by atoms with Crippen molar-refractivity contribution in [2.75, 3.05) is 20.8 Å². The fourth-order valence-electron chi connectivity index (χ4n) is 2.43. The zero-order valence-electron chi connectivity index (χ0n) is 16.0. The average molecular weight is 372 g/mol. The second kappa shape index (κ2) is 9.26. The molecule has 7 nitrogen and oxygen atoms in total. The van der Waals surface area contributed by atoms with Crippen molar-refractivity contribution in [3.8, 4) is 0 Å². The number of nitrogens with zero attached hydrogens (tertiary/aromatic N) is 2. The van der Waals surface area contributed by atoms with Gasteiger partial charge in [0.25, 0.3) is 0 Å². The highest BCUT2D eigenvalue weighted by atomic mass is 32.1. The molecule has 25 heavy (non-hydrogen) atoms. The number of rotatable bonds is 8. The standard InChI is InChI=1S/C17H28N2O5S/c1-11(15-18-13(10-25-15)16(21)22-7)14(8-9-23-12(2)20)19(6)24-17(3,4)5/h10-11,14H,8-9H2,1-7H3/t11?,14-/m1/s1. The summed E-state index contributed by atoms with van der Waals surface area (Å²) in [7, 11) is 3.19. The van der Waals surface area contributed by atoms with Gasteiger partial charge in [-0.3, -0.25) is 9.63 Å². The van der Waals surface area contributed by atoms with Crippen molar-refractivity contribution >= 4 is 23.3 Å². The Balaban J connectivity index is 2.93. The van der Waals surface area contributed by atoms with Gasteiger partial charge in [-0.1, -0.05) is 6.92 Å². The molecule has 0 saturated heterocycles. The summed E-state index contributed by atoms with van der Waals surface area (Å²) in [6.45, 7) is 9.59. The van der Waals surface area contributed by atoms with Crippen LogP contribution in [0, 0.1) is 0 Å². The first kappa shape index (κ1) is 21.5. The fraction of sp³-hybridized carbons (Fsp3) is 0.706. The van der Waals surface area contributed by atoms with Crippen molar-refractivity contribution in [1.82, 2.24) is 10.0 Å². The van der Waals surface area contributed by atoms with Gasteiger partial charge in [0, 0.05) is 37.7 Å². The lowest BCUT2D eigenvalue weighted by Gasteiger charge is -2.35. The second-order valence-corrected chi connectivity index (χ2v) is 7.69. The molecule has 0 fully saturated rings. The predicted molar refractivity (Wildman–Crippen MR) is 95.5 cm³/mol. The quantitative estimate of drug-likeness (QED) is 0.513. The van der Waals surface area contributed by atoms with Crippen LogP contribution in [0.25, 0.3) is 0 Å². The first-order valence-electron chi connectivity index (χ1n) is 8.14. The number of carbonyl (C=O) groups is 2. The van der Waals surface area contributed by atoms with Crippen LogP contribution in [0.15, 0.2) is 5.38 Å². The molecule has 1 rings (SSSR count). The van der Waals surface area contributed by atoms with E-state index >= 15 is 0 Å². The molecule has 1 heterocycles. The Bertz CT molecular complexity index is 582. The van der Waals surface area contributed by atoms with E-state index in [2.05, 4.69) is 4.98 Å². The number of hydrogen-bond acceptors (Lipinski definition) is 8. The van der Waals surface area contributed by atoms with Crippen LogP contribution in [0.5, 0.6) is 0 Å². The number of ether oxygens (including phenoxy) is 2. The topological polar surface area (TPSA) is 78.0 Å². The molecule has 2 atom stereocenters. The molecule has 0 aliphatic carbocycles. The van der Waals surface area contributed by atoms with Crippen LogP contribution in [0.3, 0.4) is 0 Å². The van der Waals surface area contributed by atoms with Crippen LogP contribution in [0.2, 0.25) is 0 Å². The number of hydroxylamine groups is 2. The Hall–Kier alpha value is -1.51. The lowest BCUT2D eigenvalue weighted by atomic mass is 9.99. The maximum absolute atomic E-state index is 11.6. The molecule has 0 aliphatic heterocycles. The number of esters is 2. The lowest BCUT2D eigenvalue weighted by molar-refractivity contribution is -0.240. The summed E-state index contributed by atoms with van der Waals surface area (Å²) in [6, 6.07) is -0.0739.